The first-order valence-electron chi connectivity index (χ1n) is 6.28. The molecule has 1 aliphatic rings. The van der Waals surface area contributed by atoms with Gasteiger partial charge in [-0.3, -0.25) is 4.79 Å². The molecule has 1 fully saturated rings. The van der Waals surface area contributed by atoms with Crippen LogP contribution in [0.2, 0.25) is 0 Å². The van der Waals surface area contributed by atoms with Gasteiger partial charge in [0.2, 0.25) is 0 Å². The second kappa shape index (κ2) is 8.78. The third-order valence-corrected chi connectivity index (χ3v) is 3.79. The molecule has 0 aliphatic carbocycles. The summed E-state index contributed by atoms with van der Waals surface area (Å²) in [6, 6.07) is -0.191. The Balaban J connectivity index is 2.26. The predicted molar refractivity (Wildman–Crippen MR) is 70.4 cm³/mol. The molecule has 0 amide bonds. The molecule has 0 spiro atoms. The van der Waals surface area contributed by atoms with Crippen LogP contribution < -0.4 is 5.32 Å². The molecule has 1 N–H and O–H groups in total. The highest BCUT2D eigenvalue weighted by atomic mass is 32.2. The lowest BCUT2D eigenvalue weighted by atomic mass is 10.2. The van der Waals surface area contributed by atoms with Crippen LogP contribution in [0.5, 0.6) is 0 Å². The monoisotopic (exact) mass is 261 g/mol. The van der Waals surface area contributed by atoms with Gasteiger partial charge in [-0.25, -0.2) is 0 Å². The zero-order valence-corrected chi connectivity index (χ0v) is 11.6. The fourth-order valence-electron chi connectivity index (χ4n) is 1.87. The summed E-state index contributed by atoms with van der Waals surface area (Å²) in [5.74, 6) is 1.90. The number of esters is 1. The van der Waals surface area contributed by atoms with Gasteiger partial charge >= 0.3 is 5.97 Å². The summed E-state index contributed by atoms with van der Waals surface area (Å²) in [4.78, 5) is 11.6. The molecule has 0 aromatic rings. The maximum atomic E-state index is 11.6. The minimum atomic E-state index is -0.191. The Bertz CT molecular complexity index is 220. The maximum Gasteiger partial charge on any atom is 0.322 e. The number of carbonyl (C=O) groups is 1. The molecule has 1 saturated heterocycles. The largest absolute Gasteiger partial charge is 0.468 e. The number of nitrogens with one attached hydrogen (secondary N) is 1. The van der Waals surface area contributed by atoms with Crippen LogP contribution in [0.25, 0.3) is 0 Å². The highest BCUT2D eigenvalue weighted by Gasteiger charge is 2.21. The molecule has 0 radical (unpaired) electrons. The highest BCUT2D eigenvalue weighted by molar-refractivity contribution is 7.99. The highest BCUT2D eigenvalue weighted by Crippen LogP contribution is 2.12. The van der Waals surface area contributed by atoms with Crippen LogP contribution in [0.3, 0.4) is 0 Å². The van der Waals surface area contributed by atoms with Crippen molar-refractivity contribution >= 4 is 17.7 Å². The Morgan fingerprint density at radius 2 is 2.47 bits per heavy atom. The second-order valence-corrected chi connectivity index (χ2v) is 5.50. The van der Waals surface area contributed by atoms with E-state index in [-0.39, 0.29) is 18.1 Å². The molecule has 0 bridgehead atoms. The summed E-state index contributed by atoms with van der Waals surface area (Å²) >= 11 is 1.84. The van der Waals surface area contributed by atoms with Gasteiger partial charge in [0, 0.05) is 13.2 Å². The normalized spacial score (nSPS) is 21.4. The van der Waals surface area contributed by atoms with Crippen molar-refractivity contribution in [3.05, 3.63) is 0 Å². The Morgan fingerprint density at radius 1 is 1.65 bits per heavy atom. The molecule has 1 rings (SSSR count). The average Bonchev–Trinajstić information content (AvgIpc) is 2.85. The number of ether oxygens (including phenoxy) is 2. The van der Waals surface area contributed by atoms with E-state index >= 15 is 0 Å². The number of thioether (sulfide) groups is 1. The smallest absolute Gasteiger partial charge is 0.322 e. The zero-order valence-electron chi connectivity index (χ0n) is 10.7. The first kappa shape index (κ1) is 14.8. The first-order chi connectivity index (χ1) is 8.27. The Morgan fingerprint density at radius 3 is 3.06 bits per heavy atom. The molecule has 2 unspecified atom stereocenters. The third kappa shape index (κ3) is 5.75. The minimum absolute atomic E-state index is 0.167. The standard InChI is InChI=1S/C12H23NO3S/c1-3-17-8-6-11(12(14)15-2)13-9-10-5-4-7-16-10/h10-11,13H,3-9H2,1-2H3. The van der Waals surface area contributed by atoms with Gasteiger partial charge in [-0.05, 0) is 30.8 Å². The van der Waals surface area contributed by atoms with E-state index < -0.39 is 0 Å². The number of carbonyl (C=O) groups excluding carboxylic acids is 1. The molecule has 5 heteroatoms. The molecule has 100 valence electrons. The first-order valence-corrected chi connectivity index (χ1v) is 7.44. The number of hydrogen-bond acceptors (Lipinski definition) is 5. The third-order valence-electron chi connectivity index (χ3n) is 2.86. The number of hydrogen-bond donors (Lipinski definition) is 1. The summed E-state index contributed by atoms with van der Waals surface area (Å²) in [6.45, 7) is 3.72. The zero-order chi connectivity index (χ0) is 12.5. The quantitative estimate of drug-likeness (QED) is 0.529. The molecular weight excluding hydrogens is 238 g/mol. The average molecular weight is 261 g/mol. The van der Waals surface area contributed by atoms with Crippen molar-refractivity contribution in [2.24, 2.45) is 0 Å². The van der Waals surface area contributed by atoms with Gasteiger partial charge in [-0.15, -0.1) is 0 Å². The molecule has 1 heterocycles. The van der Waals surface area contributed by atoms with Gasteiger partial charge in [0.15, 0.2) is 0 Å². The molecule has 1 aliphatic heterocycles. The van der Waals surface area contributed by atoms with Crippen molar-refractivity contribution in [2.75, 3.05) is 31.8 Å². The lowest BCUT2D eigenvalue weighted by Gasteiger charge is -2.18. The molecule has 2 atom stereocenters. The molecule has 0 aromatic heterocycles. The van der Waals surface area contributed by atoms with Crippen LogP contribution in [0.15, 0.2) is 0 Å². The van der Waals surface area contributed by atoms with Gasteiger partial charge < -0.3 is 14.8 Å². The maximum absolute atomic E-state index is 11.6. The topological polar surface area (TPSA) is 47.6 Å². The van der Waals surface area contributed by atoms with Crippen molar-refractivity contribution in [1.82, 2.24) is 5.32 Å². The van der Waals surface area contributed by atoms with Gasteiger partial charge in [0.1, 0.15) is 6.04 Å². The van der Waals surface area contributed by atoms with Crippen molar-refractivity contribution < 1.29 is 14.3 Å². The second-order valence-electron chi connectivity index (χ2n) is 4.10. The molecular formula is C12H23NO3S. The van der Waals surface area contributed by atoms with Crippen molar-refractivity contribution in [3.63, 3.8) is 0 Å². The fourth-order valence-corrected chi connectivity index (χ4v) is 2.56. The molecule has 0 saturated carbocycles. The van der Waals surface area contributed by atoms with Crippen LogP contribution in [-0.4, -0.2) is 49.9 Å². The van der Waals surface area contributed by atoms with E-state index in [2.05, 4.69) is 12.2 Å². The van der Waals surface area contributed by atoms with Crippen molar-refractivity contribution in [1.29, 1.82) is 0 Å². The van der Waals surface area contributed by atoms with E-state index in [0.29, 0.717) is 0 Å². The van der Waals surface area contributed by atoms with E-state index in [1.54, 1.807) is 0 Å². The summed E-state index contributed by atoms with van der Waals surface area (Å²) in [5, 5.41) is 3.26. The van der Waals surface area contributed by atoms with Crippen molar-refractivity contribution in [2.45, 2.75) is 38.3 Å². The summed E-state index contributed by atoms with van der Waals surface area (Å²) in [5.41, 5.74) is 0. The number of rotatable bonds is 8. The Hall–Kier alpha value is -0.260. The van der Waals surface area contributed by atoms with E-state index in [0.717, 1.165) is 43.9 Å². The van der Waals surface area contributed by atoms with Crippen LogP contribution in [0, 0.1) is 0 Å². The predicted octanol–water partition coefficient (Wildman–Crippen LogP) is 1.44. The van der Waals surface area contributed by atoms with E-state index in [1.165, 1.54) is 7.11 Å². The van der Waals surface area contributed by atoms with Crippen LogP contribution in [0.4, 0.5) is 0 Å². The van der Waals surface area contributed by atoms with Gasteiger partial charge in [0.25, 0.3) is 0 Å². The van der Waals surface area contributed by atoms with Gasteiger partial charge in [-0.1, -0.05) is 6.92 Å². The summed E-state index contributed by atoms with van der Waals surface area (Å²) in [6.07, 6.45) is 3.30. The minimum Gasteiger partial charge on any atom is -0.468 e. The van der Waals surface area contributed by atoms with Crippen LogP contribution in [-0.2, 0) is 14.3 Å². The van der Waals surface area contributed by atoms with Crippen LogP contribution in [0.1, 0.15) is 26.2 Å². The van der Waals surface area contributed by atoms with Gasteiger partial charge in [-0.2, -0.15) is 11.8 Å². The molecule has 0 aromatic carbocycles. The Kier molecular flexibility index (Phi) is 7.64. The Labute approximate surface area is 108 Å². The molecule has 4 nitrogen and oxygen atoms in total. The fraction of sp³-hybridized carbons (Fsp3) is 0.917. The van der Waals surface area contributed by atoms with E-state index in [9.17, 15) is 4.79 Å². The van der Waals surface area contributed by atoms with Crippen molar-refractivity contribution in [3.8, 4) is 0 Å². The van der Waals surface area contributed by atoms with E-state index in [4.69, 9.17) is 9.47 Å². The van der Waals surface area contributed by atoms with Gasteiger partial charge in [0.05, 0.1) is 13.2 Å². The lowest BCUT2D eigenvalue weighted by molar-refractivity contribution is -0.143. The molecule has 17 heavy (non-hydrogen) atoms. The van der Waals surface area contributed by atoms with E-state index in [1.807, 2.05) is 11.8 Å². The summed E-state index contributed by atoms with van der Waals surface area (Å²) < 4.78 is 10.3. The lowest BCUT2D eigenvalue weighted by Crippen LogP contribution is -2.41. The summed E-state index contributed by atoms with van der Waals surface area (Å²) in [7, 11) is 1.44. The number of methoxy groups -OCH3 is 1. The SMILES string of the molecule is CCSCCC(NCC1CCCO1)C(=O)OC. The van der Waals surface area contributed by atoms with Crippen LogP contribution >= 0.6 is 11.8 Å².